The minimum Gasteiger partial charge on any atom is -0.480 e. The van der Waals surface area contributed by atoms with Gasteiger partial charge in [-0.1, -0.05) is 45.9 Å². The molecule has 0 radical (unpaired) electrons. The lowest BCUT2D eigenvalue weighted by Gasteiger charge is -2.38. The SMILES string of the molecule is CC.CC.Cc1cnc(-c2ccc(C[C@H](NC(=O)c3c(C)cc(N4CCOC[C@@H]4C(F)(F)F)cc3F)C(=O)O)c3cccnc23)c(C(C)(F)F)c1. The fraction of sp³-hybridized carbons (Fsp3) is 0.405. The average Bonchev–Trinajstić information content (AvgIpc) is 3.09. The van der Waals surface area contributed by atoms with E-state index in [1.54, 1.807) is 19.1 Å². The number of carbonyl (C=O) groups excluding carboxylic acids is 1. The molecular formula is C37H42F6N4O4. The molecule has 2 aromatic carbocycles. The van der Waals surface area contributed by atoms with Crippen molar-refractivity contribution in [1.29, 1.82) is 0 Å². The van der Waals surface area contributed by atoms with Gasteiger partial charge in [-0.3, -0.25) is 14.8 Å². The summed E-state index contributed by atoms with van der Waals surface area (Å²) >= 11 is 0. The van der Waals surface area contributed by atoms with Gasteiger partial charge in [0, 0.05) is 54.5 Å². The van der Waals surface area contributed by atoms with E-state index < -0.39 is 54.0 Å². The molecule has 276 valence electrons. The maximum absolute atomic E-state index is 15.4. The number of amides is 1. The molecular weight excluding hydrogens is 678 g/mol. The van der Waals surface area contributed by atoms with E-state index >= 15 is 4.39 Å². The molecule has 51 heavy (non-hydrogen) atoms. The Hall–Kier alpha value is -4.72. The molecule has 1 aliphatic rings. The van der Waals surface area contributed by atoms with Crippen LogP contribution in [-0.4, -0.2) is 65.0 Å². The third kappa shape index (κ3) is 9.34. The molecule has 1 amide bonds. The minimum atomic E-state index is -4.65. The molecule has 0 bridgehead atoms. The summed E-state index contributed by atoms with van der Waals surface area (Å²) in [6, 6.07) is 6.05. The van der Waals surface area contributed by atoms with Gasteiger partial charge in [-0.15, -0.1) is 0 Å². The first kappa shape index (κ1) is 40.7. The number of aromatic nitrogens is 2. The zero-order chi connectivity index (χ0) is 38.3. The van der Waals surface area contributed by atoms with Gasteiger partial charge in [0.2, 0.25) is 0 Å². The lowest BCUT2D eigenvalue weighted by Crippen LogP contribution is -2.53. The molecule has 5 rings (SSSR count). The molecule has 0 unspecified atom stereocenters. The summed E-state index contributed by atoms with van der Waals surface area (Å²) in [7, 11) is 0. The van der Waals surface area contributed by atoms with Crippen molar-refractivity contribution in [3.8, 4) is 11.3 Å². The smallest absolute Gasteiger partial charge is 0.411 e. The second-order valence-corrected chi connectivity index (χ2v) is 11.5. The van der Waals surface area contributed by atoms with Crippen molar-refractivity contribution in [3.63, 3.8) is 0 Å². The number of nitrogens with one attached hydrogen (secondary N) is 1. The van der Waals surface area contributed by atoms with Gasteiger partial charge in [0.25, 0.3) is 11.8 Å². The highest BCUT2D eigenvalue weighted by atomic mass is 19.4. The quantitative estimate of drug-likeness (QED) is 0.176. The summed E-state index contributed by atoms with van der Waals surface area (Å²) < 4.78 is 90.3. The fourth-order valence-corrected chi connectivity index (χ4v) is 5.73. The van der Waals surface area contributed by atoms with Crippen molar-refractivity contribution >= 4 is 28.5 Å². The van der Waals surface area contributed by atoms with E-state index in [2.05, 4.69) is 15.3 Å². The van der Waals surface area contributed by atoms with Crippen LogP contribution in [0.1, 0.15) is 67.2 Å². The number of morpholine rings is 1. The van der Waals surface area contributed by atoms with Crippen molar-refractivity contribution in [3.05, 3.63) is 88.5 Å². The lowest BCUT2D eigenvalue weighted by atomic mass is 9.94. The number of aliphatic carboxylic acids is 1. The third-order valence-electron chi connectivity index (χ3n) is 7.98. The number of carbonyl (C=O) groups is 2. The predicted octanol–water partition coefficient (Wildman–Crippen LogP) is 8.41. The number of fused-ring (bicyclic) bond motifs is 1. The molecule has 2 aromatic heterocycles. The van der Waals surface area contributed by atoms with Gasteiger partial charge in [0.05, 0.1) is 30.0 Å². The fourth-order valence-electron chi connectivity index (χ4n) is 5.73. The number of alkyl halides is 5. The zero-order valence-electron chi connectivity index (χ0n) is 29.5. The normalized spacial score (nSPS) is 15.2. The van der Waals surface area contributed by atoms with Crippen LogP contribution in [0, 0.1) is 19.7 Å². The van der Waals surface area contributed by atoms with Crippen molar-refractivity contribution in [2.75, 3.05) is 24.7 Å². The molecule has 14 heteroatoms. The van der Waals surface area contributed by atoms with E-state index in [4.69, 9.17) is 4.74 Å². The highest BCUT2D eigenvalue weighted by molar-refractivity contribution is 5.99. The lowest BCUT2D eigenvalue weighted by molar-refractivity contribution is -0.167. The van der Waals surface area contributed by atoms with Crippen molar-refractivity contribution in [2.24, 2.45) is 0 Å². The first-order chi connectivity index (χ1) is 24.1. The number of anilines is 1. The summed E-state index contributed by atoms with van der Waals surface area (Å²) in [5, 5.41) is 12.7. The van der Waals surface area contributed by atoms with Crippen molar-refractivity contribution < 1.29 is 45.8 Å². The molecule has 2 N–H and O–H groups in total. The van der Waals surface area contributed by atoms with Gasteiger partial charge in [-0.05, 0) is 54.8 Å². The first-order valence-electron chi connectivity index (χ1n) is 16.5. The number of ether oxygens (including phenoxy) is 1. The highest BCUT2D eigenvalue weighted by Gasteiger charge is 2.45. The van der Waals surface area contributed by atoms with Gasteiger partial charge < -0.3 is 20.1 Å². The van der Waals surface area contributed by atoms with Crippen LogP contribution < -0.4 is 10.2 Å². The second-order valence-electron chi connectivity index (χ2n) is 11.5. The van der Waals surface area contributed by atoms with Gasteiger partial charge in [0.15, 0.2) is 0 Å². The summed E-state index contributed by atoms with van der Waals surface area (Å²) in [5.74, 6) is -6.86. The molecule has 0 aliphatic carbocycles. The Kier molecular flexibility index (Phi) is 13.6. The maximum atomic E-state index is 15.4. The summed E-state index contributed by atoms with van der Waals surface area (Å²) in [4.78, 5) is 35.1. The van der Waals surface area contributed by atoms with Crippen molar-refractivity contribution in [2.45, 2.75) is 79.1 Å². The summed E-state index contributed by atoms with van der Waals surface area (Å²) in [5.41, 5.74) is 0.602. The monoisotopic (exact) mass is 720 g/mol. The Bertz CT molecular complexity index is 1820. The van der Waals surface area contributed by atoms with Gasteiger partial charge in [-0.2, -0.15) is 13.2 Å². The van der Waals surface area contributed by atoms with Crippen LogP contribution in [0.3, 0.4) is 0 Å². The number of aryl methyl sites for hydroxylation is 2. The number of nitrogens with zero attached hydrogens (tertiary/aromatic N) is 3. The average molecular weight is 721 g/mol. The number of pyridine rings is 2. The Morgan fingerprint density at radius 1 is 1.04 bits per heavy atom. The van der Waals surface area contributed by atoms with Crippen LogP contribution in [0.5, 0.6) is 0 Å². The maximum Gasteiger partial charge on any atom is 0.411 e. The number of rotatable bonds is 8. The summed E-state index contributed by atoms with van der Waals surface area (Å²) in [6.07, 6.45) is -2.03. The Balaban J connectivity index is 0.00000169. The molecule has 4 aromatic rings. The van der Waals surface area contributed by atoms with E-state index in [1.807, 2.05) is 27.7 Å². The minimum absolute atomic E-state index is 0.00202. The van der Waals surface area contributed by atoms with Crippen LogP contribution in [-0.2, 0) is 21.9 Å². The number of hydrogen-bond acceptors (Lipinski definition) is 6. The van der Waals surface area contributed by atoms with Gasteiger partial charge in [0.1, 0.15) is 17.9 Å². The number of halogens is 6. The standard InChI is InChI=1S/C33H30F6N4O4.2C2H6/c1-17-11-23(32(3,35)36)29(41-15-17)22-7-6-19(21-5-4-8-40-28(21)22)13-25(31(45)46)42-30(44)27-18(2)12-20(14-24(27)34)43-9-10-47-16-26(43)33(37,38)39;2*1-2/h4-8,11-12,14-15,25-26H,9-10,13,16H2,1-3H3,(H,42,44)(H,45,46);2*1-2H3/t25-,26+;;/m0../s1. The molecule has 1 fully saturated rings. The number of carboxylic acid groups (broad SMARTS) is 1. The van der Waals surface area contributed by atoms with E-state index in [1.165, 1.54) is 43.6 Å². The molecule has 8 nitrogen and oxygen atoms in total. The molecule has 0 saturated carbocycles. The Labute approximate surface area is 292 Å². The van der Waals surface area contributed by atoms with E-state index in [9.17, 15) is 36.6 Å². The van der Waals surface area contributed by atoms with Crippen LogP contribution in [0.4, 0.5) is 32.0 Å². The van der Waals surface area contributed by atoms with E-state index in [0.717, 1.165) is 17.9 Å². The van der Waals surface area contributed by atoms with Crippen LogP contribution in [0.2, 0.25) is 0 Å². The molecule has 1 aliphatic heterocycles. The van der Waals surface area contributed by atoms with Crippen LogP contribution >= 0.6 is 0 Å². The van der Waals surface area contributed by atoms with E-state index in [0.29, 0.717) is 22.1 Å². The Morgan fingerprint density at radius 3 is 2.33 bits per heavy atom. The number of benzene rings is 2. The van der Waals surface area contributed by atoms with E-state index in [-0.39, 0.29) is 47.6 Å². The third-order valence-corrected chi connectivity index (χ3v) is 7.98. The molecule has 1 saturated heterocycles. The van der Waals surface area contributed by atoms with Crippen LogP contribution in [0.25, 0.3) is 22.2 Å². The molecule has 2 atom stereocenters. The Morgan fingerprint density at radius 2 is 1.73 bits per heavy atom. The van der Waals surface area contributed by atoms with Gasteiger partial charge >= 0.3 is 12.1 Å². The van der Waals surface area contributed by atoms with Gasteiger partial charge in [-0.25, -0.2) is 18.0 Å². The molecule has 0 spiro atoms. The largest absolute Gasteiger partial charge is 0.480 e. The first-order valence-corrected chi connectivity index (χ1v) is 16.5. The van der Waals surface area contributed by atoms with Crippen LogP contribution in [0.15, 0.2) is 54.9 Å². The predicted molar refractivity (Wildman–Crippen MR) is 184 cm³/mol. The summed E-state index contributed by atoms with van der Waals surface area (Å²) in [6.45, 7) is 10.9. The zero-order valence-corrected chi connectivity index (χ0v) is 29.5. The van der Waals surface area contributed by atoms with Crippen molar-refractivity contribution in [1.82, 2.24) is 15.3 Å². The highest BCUT2D eigenvalue weighted by Crippen LogP contribution is 2.38. The second kappa shape index (κ2) is 17.0. The number of carboxylic acids is 1. The number of hydrogen-bond donors (Lipinski definition) is 2. The topological polar surface area (TPSA) is 105 Å². The molecule has 3 heterocycles.